The van der Waals surface area contributed by atoms with Crippen molar-refractivity contribution in [3.05, 3.63) is 35.6 Å². The Balaban J connectivity index is 1.45. The molecule has 1 aliphatic heterocycles. The molecule has 27 heavy (non-hydrogen) atoms. The van der Waals surface area contributed by atoms with Crippen molar-refractivity contribution in [2.45, 2.75) is 51.2 Å². The molecule has 0 aromatic heterocycles. The molecular formula is C20H28FN3O3. The molecule has 1 heterocycles. The van der Waals surface area contributed by atoms with Gasteiger partial charge in [-0.15, -0.1) is 0 Å². The van der Waals surface area contributed by atoms with Crippen LogP contribution in [-0.4, -0.2) is 60.1 Å². The number of piperidine rings is 1. The molecular weight excluding hydrogens is 349 g/mol. The number of amides is 2. The molecule has 1 saturated carbocycles. The summed E-state index contributed by atoms with van der Waals surface area (Å²) in [4.78, 5) is 28.1. The van der Waals surface area contributed by atoms with Crippen LogP contribution in [0.2, 0.25) is 0 Å². The molecule has 3 rings (SSSR count). The maximum atomic E-state index is 13.1. The van der Waals surface area contributed by atoms with Crippen LogP contribution in [0.25, 0.3) is 0 Å². The van der Waals surface area contributed by atoms with Crippen LogP contribution in [0.1, 0.15) is 38.2 Å². The van der Waals surface area contributed by atoms with Gasteiger partial charge in [0.25, 0.3) is 0 Å². The minimum atomic E-state index is -0.276. The van der Waals surface area contributed by atoms with Crippen LogP contribution in [0.3, 0.4) is 0 Å². The number of benzene rings is 1. The van der Waals surface area contributed by atoms with Crippen LogP contribution in [0.4, 0.5) is 9.18 Å². The van der Waals surface area contributed by atoms with Crippen LogP contribution >= 0.6 is 0 Å². The van der Waals surface area contributed by atoms with Crippen LogP contribution in [-0.2, 0) is 16.1 Å². The third-order valence-corrected chi connectivity index (χ3v) is 5.09. The van der Waals surface area contributed by atoms with E-state index in [4.69, 9.17) is 4.74 Å². The van der Waals surface area contributed by atoms with E-state index in [0.29, 0.717) is 38.8 Å². The Bertz CT molecular complexity index is 640. The third-order valence-electron chi connectivity index (χ3n) is 5.09. The van der Waals surface area contributed by atoms with Gasteiger partial charge in [-0.3, -0.25) is 9.69 Å². The van der Waals surface area contributed by atoms with Crippen molar-refractivity contribution in [2.75, 3.05) is 26.2 Å². The molecule has 1 aliphatic carbocycles. The van der Waals surface area contributed by atoms with Crippen molar-refractivity contribution in [3.63, 3.8) is 0 Å². The second kappa shape index (κ2) is 9.17. The molecule has 2 amide bonds. The van der Waals surface area contributed by atoms with Gasteiger partial charge in [-0.1, -0.05) is 12.1 Å². The van der Waals surface area contributed by atoms with E-state index in [1.807, 2.05) is 0 Å². The first-order chi connectivity index (χ1) is 13.0. The number of halogens is 1. The average Bonchev–Trinajstić information content (AvgIpc) is 3.49. The van der Waals surface area contributed by atoms with Gasteiger partial charge in [-0.2, -0.15) is 0 Å². The summed E-state index contributed by atoms with van der Waals surface area (Å²) in [5.74, 6) is -0.234. The molecule has 1 N–H and O–H groups in total. The molecule has 0 atom stereocenters. The number of nitrogens with zero attached hydrogens (tertiary/aromatic N) is 2. The van der Waals surface area contributed by atoms with Crippen molar-refractivity contribution in [2.24, 2.45) is 0 Å². The summed E-state index contributed by atoms with van der Waals surface area (Å²) in [6, 6.07) is 6.98. The summed E-state index contributed by atoms with van der Waals surface area (Å²) in [5.41, 5.74) is 1.01. The van der Waals surface area contributed by atoms with Crippen molar-refractivity contribution in [3.8, 4) is 0 Å². The van der Waals surface area contributed by atoms with Gasteiger partial charge >= 0.3 is 6.09 Å². The highest BCUT2D eigenvalue weighted by Gasteiger charge is 2.31. The fraction of sp³-hybridized carbons (Fsp3) is 0.600. The van der Waals surface area contributed by atoms with Crippen LogP contribution in [0, 0.1) is 5.82 Å². The van der Waals surface area contributed by atoms with Gasteiger partial charge < -0.3 is 15.0 Å². The maximum Gasteiger partial charge on any atom is 0.409 e. The number of hydrogen-bond donors (Lipinski definition) is 1. The summed E-state index contributed by atoms with van der Waals surface area (Å²) in [7, 11) is 0. The number of carbonyl (C=O) groups is 2. The number of nitrogens with one attached hydrogen (secondary N) is 1. The Morgan fingerprint density at radius 3 is 2.44 bits per heavy atom. The molecule has 2 aliphatic rings. The lowest BCUT2D eigenvalue weighted by Crippen LogP contribution is -2.49. The number of likely N-dealkylation sites (tertiary alicyclic amines) is 1. The predicted octanol–water partition coefficient (Wildman–Crippen LogP) is 2.53. The average molecular weight is 377 g/mol. The van der Waals surface area contributed by atoms with Gasteiger partial charge in [-0.25, -0.2) is 9.18 Å². The van der Waals surface area contributed by atoms with Crippen molar-refractivity contribution >= 4 is 12.0 Å². The highest BCUT2D eigenvalue weighted by Crippen LogP contribution is 2.28. The van der Waals surface area contributed by atoms with Crippen LogP contribution in [0.15, 0.2) is 24.3 Å². The highest BCUT2D eigenvalue weighted by atomic mass is 19.1. The zero-order valence-corrected chi connectivity index (χ0v) is 15.8. The second-order valence-electron chi connectivity index (χ2n) is 7.29. The molecule has 7 heteroatoms. The van der Waals surface area contributed by atoms with E-state index in [-0.39, 0.29) is 23.9 Å². The number of rotatable bonds is 7. The standard InChI is InChI=1S/C20H28FN3O3/c1-2-27-20(26)23-11-9-17(10-12-23)22-19(25)14-24(18-7-8-18)13-15-3-5-16(21)6-4-15/h3-6,17-18H,2,7-14H2,1H3,(H,22,25). The summed E-state index contributed by atoms with van der Waals surface area (Å²) >= 11 is 0. The number of hydrogen-bond acceptors (Lipinski definition) is 4. The molecule has 2 fully saturated rings. The van der Waals surface area contributed by atoms with E-state index in [1.165, 1.54) is 12.1 Å². The predicted molar refractivity (Wildman–Crippen MR) is 99.6 cm³/mol. The Kier molecular flexibility index (Phi) is 6.66. The summed E-state index contributed by atoms with van der Waals surface area (Å²) in [5, 5.41) is 3.10. The molecule has 1 saturated heterocycles. The minimum Gasteiger partial charge on any atom is -0.450 e. The zero-order valence-electron chi connectivity index (χ0n) is 15.8. The molecule has 148 valence electrons. The fourth-order valence-electron chi connectivity index (χ4n) is 3.46. The summed E-state index contributed by atoms with van der Waals surface area (Å²) in [6.07, 6.45) is 3.41. The lowest BCUT2D eigenvalue weighted by molar-refractivity contribution is -0.123. The third kappa shape index (κ3) is 5.92. The SMILES string of the molecule is CCOC(=O)N1CCC(NC(=O)CN(Cc2ccc(F)cc2)C2CC2)CC1. The van der Waals surface area contributed by atoms with E-state index in [1.54, 1.807) is 24.0 Å². The van der Waals surface area contributed by atoms with Crippen molar-refractivity contribution in [1.82, 2.24) is 15.1 Å². The summed E-state index contributed by atoms with van der Waals surface area (Å²) in [6.45, 7) is 4.38. The van der Waals surface area contributed by atoms with E-state index in [2.05, 4.69) is 10.2 Å². The Morgan fingerprint density at radius 1 is 1.19 bits per heavy atom. The molecule has 1 aromatic rings. The smallest absolute Gasteiger partial charge is 0.409 e. The lowest BCUT2D eigenvalue weighted by Gasteiger charge is -2.32. The quantitative estimate of drug-likeness (QED) is 0.793. The second-order valence-corrected chi connectivity index (χ2v) is 7.29. The van der Waals surface area contributed by atoms with Crippen LogP contribution in [0.5, 0.6) is 0 Å². The first kappa shape index (κ1) is 19.6. The van der Waals surface area contributed by atoms with Gasteiger partial charge in [0.15, 0.2) is 0 Å². The highest BCUT2D eigenvalue weighted by molar-refractivity contribution is 5.78. The molecule has 0 unspecified atom stereocenters. The van der Waals surface area contributed by atoms with Crippen LogP contribution < -0.4 is 5.32 Å². The Hall–Kier alpha value is -2.15. The lowest BCUT2D eigenvalue weighted by atomic mass is 10.1. The Labute approximate surface area is 159 Å². The van der Waals surface area contributed by atoms with E-state index in [9.17, 15) is 14.0 Å². The summed E-state index contributed by atoms with van der Waals surface area (Å²) < 4.78 is 18.1. The fourth-order valence-corrected chi connectivity index (χ4v) is 3.46. The maximum absolute atomic E-state index is 13.1. The van der Waals surface area contributed by atoms with E-state index < -0.39 is 0 Å². The van der Waals surface area contributed by atoms with Crippen molar-refractivity contribution < 1.29 is 18.7 Å². The van der Waals surface area contributed by atoms with E-state index in [0.717, 1.165) is 31.2 Å². The number of ether oxygens (including phenoxy) is 1. The molecule has 6 nitrogen and oxygen atoms in total. The normalized spacial score (nSPS) is 17.8. The first-order valence-corrected chi connectivity index (χ1v) is 9.74. The monoisotopic (exact) mass is 377 g/mol. The van der Waals surface area contributed by atoms with Gasteiger partial charge in [0.1, 0.15) is 5.82 Å². The molecule has 1 aromatic carbocycles. The molecule has 0 radical (unpaired) electrons. The van der Waals surface area contributed by atoms with Gasteiger partial charge in [0.2, 0.25) is 5.91 Å². The Morgan fingerprint density at radius 2 is 1.85 bits per heavy atom. The largest absolute Gasteiger partial charge is 0.450 e. The van der Waals surface area contributed by atoms with Crippen molar-refractivity contribution in [1.29, 1.82) is 0 Å². The first-order valence-electron chi connectivity index (χ1n) is 9.74. The van der Waals surface area contributed by atoms with Gasteiger partial charge in [0.05, 0.1) is 13.2 Å². The number of carbonyl (C=O) groups excluding carboxylic acids is 2. The van der Waals surface area contributed by atoms with Gasteiger partial charge in [-0.05, 0) is 50.3 Å². The van der Waals surface area contributed by atoms with Gasteiger partial charge in [0, 0.05) is 31.7 Å². The minimum absolute atomic E-state index is 0.0126. The topological polar surface area (TPSA) is 61.9 Å². The zero-order chi connectivity index (χ0) is 19.2. The molecule has 0 bridgehead atoms. The van der Waals surface area contributed by atoms with E-state index >= 15 is 0 Å². The molecule has 0 spiro atoms.